The summed E-state index contributed by atoms with van der Waals surface area (Å²) in [6, 6.07) is 6.72. The summed E-state index contributed by atoms with van der Waals surface area (Å²) >= 11 is 1.99. The van der Waals surface area contributed by atoms with Gasteiger partial charge in [0.05, 0.1) is 0 Å². The van der Waals surface area contributed by atoms with E-state index in [1.54, 1.807) is 0 Å². The van der Waals surface area contributed by atoms with Gasteiger partial charge in [-0.15, -0.1) is 11.8 Å². The molecule has 3 heteroatoms. The first kappa shape index (κ1) is 12.9. The Morgan fingerprint density at radius 1 is 1.24 bits per heavy atom. The molecule has 1 heterocycles. The van der Waals surface area contributed by atoms with E-state index in [2.05, 4.69) is 42.3 Å². The van der Waals surface area contributed by atoms with E-state index in [-0.39, 0.29) is 0 Å². The highest BCUT2D eigenvalue weighted by Gasteiger charge is 2.09. The Morgan fingerprint density at radius 3 is 2.76 bits per heavy atom. The van der Waals surface area contributed by atoms with E-state index < -0.39 is 0 Å². The van der Waals surface area contributed by atoms with Crippen LogP contribution in [0.1, 0.15) is 11.1 Å². The SMILES string of the molecule is Cc1ccc(C)c(SCCN2CCNCC2)c1. The van der Waals surface area contributed by atoms with Gasteiger partial charge in [-0.25, -0.2) is 0 Å². The number of hydrogen-bond donors (Lipinski definition) is 1. The number of nitrogens with one attached hydrogen (secondary N) is 1. The summed E-state index contributed by atoms with van der Waals surface area (Å²) in [7, 11) is 0. The minimum Gasteiger partial charge on any atom is -0.314 e. The third-order valence-electron chi connectivity index (χ3n) is 3.22. The van der Waals surface area contributed by atoms with Gasteiger partial charge < -0.3 is 5.32 Å². The van der Waals surface area contributed by atoms with Crippen molar-refractivity contribution < 1.29 is 0 Å². The van der Waals surface area contributed by atoms with Crippen molar-refractivity contribution in [1.82, 2.24) is 10.2 Å². The number of benzene rings is 1. The standard InChI is InChI=1S/C14H22N2S/c1-12-3-4-13(2)14(11-12)17-10-9-16-7-5-15-6-8-16/h3-4,11,15H,5-10H2,1-2H3. The number of thioether (sulfide) groups is 1. The van der Waals surface area contributed by atoms with Crippen LogP contribution in [0.5, 0.6) is 0 Å². The molecule has 0 amide bonds. The van der Waals surface area contributed by atoms with Crippen LogP contribution in [-0.4, -0.2) is 43.4 Å². The Labute approximate surface area is 109 Å². The van der Waals surface area contributed by atoms with Crippen molar-refractivity contribution in [2.24, 2.45) is 0 Å². The molecule has 1 saturated heterocycles. The average Bonchev–Trinajstić information content (AvgIpc) is 2.35. The van der Waals surface area contributed by atoms with Crippen molar-refractivity contribution in [1.29, 1.82) is 0 Å². The number of nitrogens with zero attached hydrogens (tertiary/aromatic N) is 1. The lowest BCUT2D eigenvalue weighted by atomic mass is 10.2. The predicted octanol–water partition coefficient (Wildman–Crippen LogP) is 2.30. The largest absolute Gasteiger partial charge is 0.314 e. The summed E-state index contributed by atoms with van der Waals surface area (Å²) < 4.78 is 0. The molecule has 0 atom stereocenters. The Balaban J connectivity index is 1.79. The molecule has 1 aliphatic rings. The molecule has 0 spiro atoms. The quantitative estimate of drug-likeness (QED) is 0.826. The molecular weight excluding hydrogens is 228 g/mol. The van der Waals surface area contributed by atoms with Gasteiger partial charge in [0.25, 0.3) is 0 Å². The Morgan fingerprint density at radius 2 is 2.00 bits per heavy atom. The zero-order valence-corrected chi connectivity index (χ0v) is 11.6. The third-order valence-corrected chi connectivity index (χ3v) is 4.36. The minimum atomic E-state index is 1.15. The van der Waals surface area contributed by atoms with Gasteiger partial charge in [-0.2, -0.15) is 0 Å². The summed E-state index contributed by atoms with van der Waals surface area (Å²) in [5.74, 6) is 1.20. The predicted molar refractivity (Wildman–Crippen MR) is 75.9 cm³/mol. The van der Waals surface area contributed by atoms with Crippen LogP contribution in [-0.2, 0) is 0 Å². The van der Waals surface area contributed by atoms with Crippen LogP contribution in [0, 0.1) is 13.8 Å². The molecule has 94 valence electrons. The van der Waals surface area contributed by atoms with E-state index >= 15 is 0 Å². The molecule has 2 nitrogen and oxygen atoms in total. The average molecular weight is 250 g/mol. The van der Waals surface area contributed by atoms with Crippen LogP contribution < -0.4 is 5.32 Å². The van der Waals surface area contributed by atoms with Gasteiger partial charge in [-0.3, -0.25) is 4.90 Å². The highest BCUT2D eigenvalue weighted by atomic mass is 32.2. The highest BCUT2D eigenvalue weighted by Crippen LogP contribution is 2.23. The lowest BCUT2D eigenvalue weighted by Gasteiger charge is -2.26. The molecule has 0 bridgehead atoms. The van der Waals surface area contributed by atoms with Gasteiger partial charge >= 0.3 is 0 Å². The zero-order chi connectivity index (χ0) is 12.1. The fraction of sp³-hybridized carbons (Fsp3) is 0.571. The minimum absolute atomic E-state index is 1.15. The van der Waals surface area contributed by atoms with Gasteiger partial charge in [0, 0.05) is 43.4 Å². The first-order valence-electron chi connectivity index (χ1n) is 6.39. The van der Waals surface area contributed by atoms with Crippen molar-refractivity contribution in [3.05, 3.63) is 29.3 Å². The first-order valence-corrected chi connectivity index (χ1v) is 7.37. The molecule has 0 radical (unpaired) electrons. The third kappa shape index (κ3) is 4.02. The van der Waals surface area contributed by atoms with Crippen LogP contribution in [0.15, 0.2) is 23.1 Å². The summed E-state index contributed by atoms with van der Waals surface area (Å²) in [5, 5.41) is 3.39. The van der Waals surface area contributed by atoms with Crippen molar-refractivity contribution in [2.75, 3.05) is 38.5 Å². The molecule has 1 aromatic rings. The second kappa shape index (κ2) is 6.43. The Bertz CT molecular complexity index is 359. The zero-order valence-electron chi connectivity index (χ0n) is 10.8. The van der Waals surface area contributed by atoms with Crippen molar-refractivity contribution in [2.45, 2.75) is 18.7 Å². The van der Waals surface area contributed by atoms with Crippen LogP contribution in [0.25, 0.3) is 0 Å². The van der Waals surface area contributed by atoms with E-state index in [9.17, 15) is 0 Å². The molecule has 1 aromatic carbocycles. The maximum absolute atomic E-state index is 3.39. The smallest absolute Gasteiger partial charge is 0.0108 e. The van der Waals surface area contributed by atoms with E-state index in [0.29, 0.717) is 0 Å². The molecule has 0 saturated carbocycles. The summed E-state index contributed by atoms with van der Waals surface area (Å²) in [5.41, 5.74) is 2.76. The Kier molecular flexibility index (Phi) is 4.89. The van der Waals surface area contributed by atoms with Crippen LogP contribution in [0.4, 0.5) is 0 Å². The van der Waals surface area contributed by atoms with Crippen LogP contribution in [0.2, 0.25) is 0 Å². The molecule has 1 aliphatic heterocycles. The van der Waals surface area contributed by atoms with Gasteiger partial charge in [0.2, 0.25) is 0 Å². The normalized spacial score (nSPS) is 17.3. The number of rotatable bonds is 4. The molecule has 1 N–H and O–H groups in total. The maximum Gasteiger partial charge on any atom is 0.0108 e. The summed E-state index contributed by atoms with van der Waals surface area (Å²) in [6.45, 7) is 10.3. The van der Waals surface area contributed by atoms with Crippen molar-refractivity contribution in [3.8, 4) is 0 Å². The van der Waals surface area contributed by atoms with Gasteiger partial charge in [0.15, 0.2) is 0 Å². The van der Waals surface area contributed by atoms with Crippen molar-refractivity contribution >= 4 is 11.8 Å². The van der Waals surface area contributed by atoms with E-state index in [1.165, 1.54) is 41.4 Å². The monoisotopic (exact) mass is 250 g/mol. The molecule has 1 fully saturated rings. The fourth-order valence-electron chi connectivity index (χ4n) is 2.08. The molecule has 0 unspecified atom stereocenters. The highest BCUT2D eigenvalue weighted by molar-refractivity contribution is 7.99. The number of hydrogen-bond acceptors (Lipinski definition) is 3. The van der Waals surface area contributed by atoms with Gasteiger partial charge in [-0.05, 0) is 25.5 Å². The number of piperazine rings is 1. The molecule has 2 rings (SSSR count). The van der Waals surface area contributed by atoms with Gasteiger partial charge in [-0.1, -0.05) is 17.7 Å². The number of aryl methyl sites for hydroxylation is 2. The van der Waals surface area contributed by atoms with E-state index in [4.69, 9.17) is 0 Å². The molecular formula is C14H22N2S. The second-order valence-electron chi connectivity index (χ2n) is 4.71. The lowest BCUT2D eigenvalue weighted by Crippen LogP contribution is -2.44. The van der Waals surface area contributed by atoms with Crippen molar-refractivity contribution in [3.63, 3.8) is 0 Å². The molecule has 0 aromatic heterocycles. The van der Waals surface area contributed by atoms with E-state index in [1.807, 2.05) is 11.8 Å². The molecule has 17 heavy (non-hydrogen) atoms. The van der Waals surface area contributed by atoms with Crippen LogP contribution in [0.3, 0.4) is 0 Å². The summed E-state index contributed by atoms with van der Waals surface area (Å²) in [6.07, 6.45) is 0. The van der Waals surface area contributed by atoms with Crippen LogP contribution >= 0.6 is 11.8 Å². The maximum atomic E-state index is 3.39. The van der Waals surface area contributed by atoms with E-state index in [0.717, 1.165) is 13.1 Å². The van der Waals surface area contributed by atoms with Gasteiger partial charge in [0.1, 0.15) is 0 Å². The second-order valence-corrected chi connectivity index (χ2v) is 5.85. The fourth-order valence-corrected chi connectivity index (χ4v) is 3.22. The first-order chi connectivity index (χ1) is 8.25. The Hall–Kier alpha value is -0.510. The summed E-state index contributed by atoms with van der Waals surface area (Å²) in [4.78, 5) is 3.99. The lowest BCUT2D eigenvalue weighted by molar-refractivity contribution is 0.255. The topological polar surface area (TPSA) is 15.3 Å². The molecule has 0 aliphatic carbocycles.